The average Bonchev–Trinajstić information content (AvgIpc) is 3.23. The lowest BCUT2D eigenvalue weighted by atomic mass is 9.98. The number of benzene rings is 2. The largest absolute Gasteiger partial charge is 0.439 e. The van der Waals surface area contributed by atoms with Crippen molar-refractivity contribution in [1.82, 2.24) is 4.90 Å². The first-order valence-electron chi connectivity index (χ1n) is 9.50. The molecule has 1 aromatic heterocycles. The van der Waals surface area contributed by atoms with Crippen LogP contribution in [0, 0.1) is 13.8 Å². The van der Waals surface area contributed by atoms with Crippen molar-refractivity contribution in [2.24, 2.45) is 0 Å². The molecule has 2 atom stereocenters. The number of cyclic esters (lactones) is 1. The van der Waals surface area contributed by atoms with E-state index in [1.165, 1.54) is 15.0 Å². The number of ether oxygens (including phenoxy) is 1. The van der Waals surface area contributed by atoms with Crippen LogP contribution in [0.5, 0.6) is 0 Å². The molecule has 0 radical (unpaired) electrons. The number of aryl methyl sites for hydroxylation is 3. The first kappa shape index (κ1) is 18.7. The van der Waals surface area contributed by atoms with E-state index in [1.54, 1.807) is 11.3 Å². The van der Waals surface area contributed by atoms with Gasteiger partial charge in [-0.25, -0.2) is 9.69 Å². The standard InChI is InChI=1S/C23H23NO3S/c1-14-11-15(2)13-18(12-14)22-16(3)24(23(26)27-22)21(25)8-7-17-5-4-6-20-19(17)9-10-28-20/h4-6,9-13,16,22H,7-8H2,1-3H3/t16-,22-/m0/s1. The molecule has 2 amide bonds. The van der Waals surface area contributed by atoms with Crippen molar-refractivity contribution in [2.75, 3.05) is 0 Å². The van der Waals surface area contributed by atoms with Gasteiger partial charge in [0.05, 0.1) is 6.04 Å². The van der Waals surface area contributed by atoms with Crippen molar-refractivity contribution in [2.45, 2.75) is 45.8 Å². The Morgan fingerprint density at radius 3 is 2.64 bits per heavy atom. The molecule has 0 saturated carbocycles. The summed E-state index contributed by atoms with van der Waals surface area (Å²) in [5.74, 6) is -0.184. The fourth-order valence-electron chi connectivity index (χ4n) is 4.05. The number of thiophene rings is 1. The lowest BCUT2D eigenvalue weighted by Gasteiger charge is -2.20. The number of imide groups is 1. The highest BCUT2D eigenvalue weighted by Crippen LogP contribution is 2.34. The molecule has 1 aliphatic rings. The smallest absolute Gasteiger partial charge is 0.417 e. The topological polar surface area (TPSA) is 46.6 Å². The van der Waals surface area contributed by atoms with Gasteiger partial charge in [-0.05, 0) is 61.2 Å². The molecule has 4 nitrogen and oxygen atoms in total. The molecule has 0 bridgehead atoms. The molecular weight excluding hydrogens is 370 g/mol. The summed E-state index contributed by atoms with van der Waals surface area (Å²) in [5.41, 5.74) is 4.31. The highest BCUT2D eigenvalue weighted by atomic mass is 32.1. The lowest BCUT2D eigenvalue weighted by Crippen LogP contribution is -2.37. The van der Waals surface area contributed by atoms with Crippen LogP contribution in [0.15, 0.2) is 47.8 Å². The van der Waals surface area contributed by atoms with E-state index in [9.17, 15) is 9.59 Å². The average molecular weight is 394 g/mol. The Bertz CT molecular complexity index is 1030. The van der Waals surface area contributed by atoms with Crippen molar-refractivity contribution in [3.63, 3.8) is 0 Å². The molecule has 5 heteroatoms. The van der Waals surface area contributed by atoms with E-state index < -0.39 is 12.2 Å². The molecule has 2 aromatic carbocycles. The summed E-state index contributed by atoms with van der Waals surface area (Å²) in [6, 6.07) is 14.0. The van der Waals surface area contributed by atoms with Gasteiger partial charge in [-0.2, -0.15) is 0 Å². The van der Waals surface area contributed by atoms with E-state index in [2.05, 4.69) is 23.6 Å². The monoisotopic (exact) mass is 393 g/mol. The number of hydrogen-bond donors (Lipinski definition) is 0. The maximum absolute atomic E-state index is 12.9. The van der Waals surface area contributed by atoms with E-state index in [-0.39, 0.29) is 18.4 Å². The van der Waals surface area contributed by atoms with Crippen LogP contribution in [0.3, 0.4) is 0 Å². The molecule has 28 heavy (non-hydrogen) atoms. The second-order valence-electron chi connectivity index (χ2n) is 7.48. The molecule has 4 rings (SSSR count). The van der Waals surface area contributed by atoms with Crippen LogP contribution in [-0.2, 0) is 16.0 Å². The van der Waals surface area contributed by atoms with Crippen LogP contribution in [0.2, 0.25) is 0 Å². The molecule has 3 aromatic rings. The van der Waals surface area contributed by atoms with Crippen molar-refractivity contribution in [3.05, 3.63) is 70.1 Å². The van der Waals surface area contributed by atoms with Crippen LogP contribution in [0.4, 0.5) is 4.79 Å². The highest BCUT2D eigenvalue weighted by molar-refractivity contribution is 7.17. The van der Waals surface area contributed by atoms with Gasteiger partial charge in [-0.3, -0.25) is 4.79 Å². The number of rotatable bonds is 4. The van der Waals surface area contributed by atoms with Gasteiger partial charge in [0.15, 0.2) is 0 Å². The van der Waals surface area contributed by atoms with E-state index in [4.69, 9.17) is 4.74 Å². The predicted octanol–water partition coefficient (Wildman–Crippen LogP) is 5.56. The first-order valence-corrected chi connectivity index (χ1v) is 10.4. The minimum atomic E-state index is -0.546. The molecule has 0 N–H and O–H groups in total. The zero-order valence-electron chi connectivity index (χ0n) is 16.3. The third-order valence-electron chi connectivity index (χ3n) is 5.31. The minimum Gasteiger partial charge on any atom is -0.439 e. The minimum absolute atomic E-state index is 0.184. The summed E-state index contributed by atoms with van der Waals surface area (Å²) in [6.45, 7) is 5.92. The van der Waals surface area contributed by atoms with Crippen molar-refractivity contribution in [3.8, 4) is 0 Å². The third-order valence-corrected chi connectivity index (χ3v) is 6.19. The molecular formula is C23H23NO3S. The number of hydrogen-bond acceptors (Lipinski definition) is 4. The summed E-state index contributed by atoms with van der Waals surface area (Å²) in [7, 11) is 0. The van der Waals surface area contributed by atoms with Crippen molar-refractivity contribution < 1.29 is 14.3 Å². The molecule has 1 saturated heterocycles. The predicted molar refractivity (Wildman–Crippen MR) is 112 cm³/mol. The zero-order valence-corrected chi connectivity index (χ0v) is 17.1. The SMILES string of the molecule is Cc1cc(C)cc([C@H]2OC(=O)N(C(=O)CCc3cccc4sccc34)[C@H]2C)c1. The molecule has 0 spiro atoms. The Morgan fingerprint density at radius 1 is 1.14 bits per heavy atom. The Kier molecular flexibility index (Phi) is 4.94. The second-order valence-corrected chi connectivity index (χ2v) is 8.43. The Hall–Kier alpha value is -2.66. The van der Waals surface area contributed by atoms with Crippen molar-refractivity contribution >= 4 is 33.4 Å². The van der Waals surface area contributed by atoms with Gasteiger partial charge in [0, 0.05) is 11.1 Å². The summed E-state index contributed by atoms with van der Waals surface area (Å²) in [5, 5.41) is 3.25. The fraction of sp³-hybridized carbons (Fsp3) is 0.304. The van der Waals surface area contributed by atoms with Crippen LogP contribution >= 0.6 is 11.3 Å². The van der Waals surface area contributed by atoms with Crippen LogP contribution in [0.1, 0.15) is 41.7 Å². The number of carbonyl (C=O) groups excluding carboxylic acids is 2. The number of fused-ring (bicyclic) bond motifs is 1. The lowest BCUT2D eigenvalue weighted by molar-refractivity contribution is -0.129. The van der Waals surface area contributed by atoms with E-state index >= 15 is 0 Å². The van der Waals surface area contributed by atoms with Gasteiger partial charge in [0.1, 0.15) is 6.10 Å². The molecule has 1 fully saturated rings. The zero-order chi connectivity index (χ0) is 19.8. The maximum atomic E-state index is 12.9. The summed E-state index contributed by atoms with van der Waals surface area (Å²) in [6.07, 6.45) is -0.0725. The summed E-state index contributed by atoms with van der Waals surface area (Å²) >= 11 is 1.69. The van der Waals surface area contributed by atoms with Gasteiger partial charge in [0.25, 0.3) is 0 Å². The summed E-state index contributed by atoms with van der Waals surface area (Å²) in [4.78, 5) is 26.6. The highest BCUT2D eigenvalue weighted by Gasteiger charge is 2.43. The Labute approximate surface area is 168 Å². The molecule has 0 unspecified atom stereocenters. The normalized spacial score (nSPS) is 19.2. The van der Waals surface area contributed by atoms with E-state index in [1.807, 2.05) is 45.0 Å². The Balaban J connectivity index is 1.50. The van der Waals surface area contributed by atoms with Crippen LogP contribution < -0.4 is 0 Å². The van der Waals surface area contributed by atoms with Crippen LogP contribution in [0.25, 0.3) is 10.1 Å². The van der Waals surface area contributed by atoms with Gasteiger partial charge >= 0.3 is 6.09 Å². The molecule has 2 heterocycles. The van der Waals surface area contributed by atoms with Gasteiger partial charge in [0.2, 0.25) is 5.91 Å². The van der Waals surface area contributed by atoms with Crippen molar-refractivity contribution in [1.29, 1.82) is 0 Å². The van der Waals surface area contributed by atoms with Gasteiger partial charge < -0.3 is 4.74 Å². The third kappa shape index (κ3) is 3.42. The molecule has 144 valence electrons. The molecule has 1 aliphatic heterocycles. The first-order chi connectivity index (χ1) is 13.4. The maximum Gasteiger partial charge on any atom is 0.417 e. The number of nitrogens with zero attached hydrogens (tertiary/aromatic N) is 1. The Morgan fingerprint density at radius 2 is 1.89 bits per heavy atom. The summed E-state index contributed by atoms with van der Waals surface area (Å²) < 4.78 is 6.80. The van der Waals surface area contributed by atoms with Gasteiger partial charge in [-0.1, -0.05) is 41.5 Å². The molecule has 0 aliphatic carbocycles. The number of carbonyl (C=O) groups is 2. The van der Waals surface area contributed by atoms with Gasteiger partial charge in [-0.15, -0.1) is 11.3 Å². The van der Waals surface area contributed by atoms with Crippen LogP contribution in [-0.4, -0.2) is 22.9 Å². The fourth-order valence-corrected chi connectivity index (χ4v) is 4.89. The second kappa shape index (κ2) is 7.40. The van der Waals surface area contributed by atoms with E-state index in [0.29, 0.717) is 6.42 Å². The number of amides is 2. The quantitative estimate of drug-likeness (QED) is 0.583. The van der Waals surface area contributed by atoms with E-state index in [0.717, 1.165) is 22.3 Å².